The molecule has 0 aromatic carbocycles. The maximum absolute atomic E-state index is 11.1. The largest absolute Gasteiger partial charge is 0.295 e. The molecular formula is C12H18O2S. The van der Waals surface area contributed by atoms with Crippen molar-refractivity contribution >= 4 is 23.3 Å². The van der Waals surface area contributed by atoms with Gasteiger partial charge in [-0.15, -0.1) is 11.8 Å². The summed E-state index contributed by atoms with van der Waals surface area (Å²) >= 11 is 1.36. The second kappa shape index (κ2) is 9.71. The van der Waals surface area contributed by atoms with Crippen LogP contribution < -0.4 is 0 Å². The molecule has 0 amide bonds. The number of hydrogen-bond donors (Lipinski definition) is 0. The van der Waals surface area contributed by atoms with Crippen LogP contribution in [0, 0.1) is 0 Å². The average molecular weight is 226 g/mol. The molecule has 84 valence electrons. The van der Waals surface area contributed by atoms with E-state index in [1.807, 2.05) is 13.8 Å². The van der Waals surface area contributed by atoms with Crippen molar-refractivity contribution in [2.24, 2.45) is 0 Å². The summed E-state index contributed by atoms with van der Waals surface area (Å²) in [5.74, 6) is 0.275. The van der Waals surface area contributed by atoms with Gasteiger partial charge in [0, 0.05) is 12.8 Å². The van der Waals surface area contributed by atoms with Crippen LogP contribution in [0.25, 0.3) is 0 Å². The van der Waals surface area contributed by atoms with Gasteiger partial charge >= 0.3 is 0 Å². The van der Waals surface area contributed by atoms with Gasteiger partial charge in [0.2, 0.25) is 0 Å². The molecule has 0 aliphatic carbocycles. The molecule has 0 radical (unpaired) electrons. The third-order valence-corrected chi connectivity index (χ3v) is 2.24. The minimum atomic E-state index is 0.137. The minimum Gasteiger partial charge on any atom is -0.295 e. The van der Waals surface area contributed by atoms with Crippen molar-refractivity contribution in [3.63, 3.8) is 0 Å². The Morgan fingerprint density at radius 2 is 1.33 bits per heavy atom. The van der Waals surface area contributed by atoms with Crippen molar-refractivity contribution in [1.29, 1.82) is 0 Å². The Morgan fingerprint density at radius 3 is 1.67 bits per heavy atom. The number of carbonyl (C=O) groups excluding carboxylic acids is 2. The molecule has 0 spiro atoms. The molecule has 0 aliphatic rings. The molecule has 0 unspecified atom stereocenters. The van der Waals surface area contributed by atoms with Gasteiger partial charge < -0.3 is 0 Å². The smallest absolute Gasteiger partial charge is 0.156 e. The van der Waals surface area contributed by atoms with Crippen LogP contribution in [-0.4, -0.2) is 11.6 Å². The quantitative estimate of drug-likeness (QED) is 0.594. The number of hydrogen-bond acceptors (Lipinski definition) is 3. The molecule has 0 atom stereocenters. The molecule has 0 bridgehead atoms. The van der Waals surface area contributed by atoms with Crippen molar-refractivity contribution in [2.75, 3.05) is 0 Å². The van der Waals surface area contributed by atoms with Gasteiger partial charge in [0.15, 0.2) is 11.6 Å². The molecule has 15 heavy (non-hydrogen) atoms. The summed E-state index contributed by atoms with van der Waals surface area (Å²) in [7, 11) is 0. The van der Waals surface area contributed by atoms with Gasteiger partial charge in [0.05, 0.1) is 0 Å². The van der Waals surface area contributed by atoms with Crippen molar-refractivity contribution in [2.45, 2.75) is 39.5 Å². The van der Waals surface area contributed by atoms with Gasteiger partial charge in [-0.05, 0) is 35.8 Å². The van der Waals surface area contributed by atoms with Crippen molar-refractivity contribution in [3.8, 4) is 0 Å². The highest BCUT2D eigenvalue weighted by Crippen LogP contribution is 2.05. The normalized spacial score (nSPS) is 11.3. The zero-order valence-electron chi connectivity index (χ0n) is 9.36. The number of rotatable bonds is 8. The first-order chi connectivity index (χ1) is 7.20. The second-order valence-electron chi connectivity index (χ2n) is 3.17. The molecule has 0 aliphatic heterocycles. The fourth-order valence-electron chi connectivity index (χ4n) is 0.935. The lowest BCUT2D eigenvalue weighted by Gasteiger charge is -1.88. The summed E-state index contributed by atoms with van der Waals surface area (Å²) in [4.78, 5) is 22.1. The van der Waals surface area contributed by atoms with Crippen molar-refractivity contribution < 1.29 is 9.59 Å². The average Bonchev–Trinajstić information content (AvgIpc) is 2.18. The third-order valence-electron chi connectivity index (χ3n) is 1.66. The van der Waals surface area contributed by atoms with Gasteiger partial charge in [-0.3, -0.25) is 9.59 Å². The van der Waals surface area contributed by atoms with Crippen LogP contribution in [0.2, 0.25) is 0 Å². The van der Waals surface area contributed by atoms with E-state index < -0.39 is 0 Å². The molecule has 0 saturated heterocycles. The Morgan fingerprint density at radius 1 is 0.933 bits per heavy atom. The first-order valence-electron chi connectivity index (χ1n) is 5.24. The molecule has 0 N–H and O–H groups in total. The number of ketones is 2. The predicted octanol–water partition coefficient (Wildman–Crippen LogP) is 3.49. The van der Waals surface area contributed by atoms with Crippen molar-refractivity contribution in [1.82, 2.24) is 0 Å². The summed E-state index contributed by atoms with van der Waals surface area (Å²) in [5, 5.41) is 3.43. The molecule has 0 heterocycles. The Kier molecular flexibility index (Phi) is 9.18. The maximum atomic E-state index is 11.1. The summed E-state index contributed by atoms with van der Waals surface area (Å²) in [6, 6.07) is 0. The Balaban J connectivity index is 3.68. The minimum absolute atomic E-state index is 0.137. The highest BCUT2D eigenvalue weighted by atomic mass is 32.2. The van der Waals surface area contributed by atoms with Gasteiger partial charge in [-0.2, -0.15) is 0 Å². The fraction of sp³-hybridized carbons (Fsp3) is 0.500. The summed E-state index contributed by atoms with van der Waals surface area (Å²) in [5.41, 5.74) is 0. The zero-order chi connectivity index (χ0) is 11.5. The Hall–Kier alpha value is -0.830. The van der Waals surface area contributed by atoms with Crippen LogP contribution in [0.5, 0.6) is 0 Å². The predicted molar refractivity (Wildman–Crippen MR) is 65.7 cm³/mol. The van der Waals surface area contributed by atoms with E-state index in [-0.39, 0.29) is 11.6 Å². The lowest BCUT2D eigenvalue weighted by atomic mass is 10.2. The van der Waals surface area contributed by atoms with E-state index in [4.69, 9.17) is 0 Å². The number of allylic oxidation sites excluding steroid dienone is 2. The number of thioether (sulfide) groups is 1. The molecule has 2 nitrogen and oxygen atoms in total. The monoisotopic (exact) mass is 226 g/mol. The van der Waals surface area contributed by atoms with Gasteiger partial charge in [0.1, 0.15) is 0 Å². The van der Waals surface area contributed by atoms with Crippen LogP contribution in [0.3, 0.4) is 0 Å². The van der Waals surface area contributed by atoms with E-state index >= 15 is 0 Å². The zero-order valence-corrected chi connectivity index (χ0v) is 10.2. The van der Waals surface area contributed by atoms with E-state index in [1.54, 1.807) is 23.0 Å². The highest BCUT2D eigenvalue weighted by molar-refractivity contribution is 8.04. The van der Waals surface area contributed by atoms with Gasteiger partial charge in [0.25, 0.3) is 0 Å². The summed E-state index contributed by atoms with van der Waals surface area (Å²) in [6.07, 6.45) is 6.05. The molecule has 0 saturated carbocycles. The van der Waals surface area contributed by atoms with Crippen LogP contribution in [0.1, 0.15) is 39.5 Å². The Bertz CT molecular complexity index is 228. The van der Waals surface area contributed by atoms with Crippen molar-refractivity contribution in [3.05, 3.63) is 23.0 Å². The van der Waals surface area contributed by atoms with Crippen LogP contribution in [0.15, 0.2) is 23.0 Å². The fourth-order valence-corrected chi connectivity index (χ4v) is 1.49. The van der Waals surface area contributed by atoms with E-state index in [0.29, 0.717) is 12.8 Å². The van der Waals surface area contributed by atoms with E-state index in [0.717, 1.165) is 12.8 Å². The van der Waals surface area contributed by atoms with Crippen LogP contribution >= 0.6 is 11.8 Å². The molecular weight excluding hydrogens is 208 g/mol. The molecule has 0 rings (SSSR count). The lowest BCUT2D eigenvalue weighted by Crippen LogP contribution is -1.89. The van der Waals surface area contributed by atoms with Crippen LogP contribution in [-0.2, 0) is 9.59 Å². The van der Waals surface area contributed by atoms with E-state index in [1.165, 1.54) is 11.8 Å². The first kappa shape index (κ1) is 14.2. The highest BCUT2D eigenvalue weighted by Gasteiger charge is 1.93. The lowest BCUT2D eigenvalue weighted by molar-refractivity contribution is -0.115. The SMILES string of the molecule is CCCC(=O)/C=C\S/C=C/C(=O)CCC. The molecule has 3 heteroatoms. The topological polar surface area (TPSA) is 34.1 Å². The maximum Gasteiger partial charge on any atom is 0.156 e. The van der Waals surface area contributed by atoms with Gasteiger partial charge in [-0.1, -0.05) is 13.8 Å². The van der Waals surface area contributed by atoms with Gasteiger partial charge in [-0.25, -0.2) is 0 Å². The standard InChI is InChI=1S/C12H18O2S/c1-3-5-11(13)7-9-15-10-8-12(14)6-4-2/h7-10H,3-6H2,1-2H3/b9-7-,10-8+. The van der Waals surface area contributed by atoms with E-state index in [9.17, 15) is 9.59 Å². The van der Waals surface area contributed by atoms with E-state index in [2.05, 4.69) is 0 Å². The van der Waals surface area contributed by atoms with Crippen LogP contribution in [0.4, 0.5) is 0 Å². The third kappa shape index (κ3) is 9.47. The summed E-state index contributed by atoms with van der Waals surface area (Å²) < 4.78 is 0. The second-order valence-corrected chi connectivity index (χ2v) is 3.99. The molecule has 0 aromatic heterocycles. The Labute approximate surface area is 95.8 Å². The number of carbonyl (C=O) groups is 2. The molecule has 0 fully saturated rings. The molecule has 0 aromatic rings. The first-order valence-corrected chi connectivity index (χ1v) is 6.19. The summed E-state index contributed by atoms with van der Waals surface area (Å²) in [6.45, 7) is 3.95.